The number of amides is 2. The third kappa shape index (κ3) is 10.6. The number of alkyl carbamates (subject to hydrolysis) is 1. The number of nitrogens with one attached hydrogen (secondary N) is 2. The second-order valence-corrected chi connectivity index (χ2v) is 12.5. The summed E-state index contributed by atoms with van der Waals surface area (Å²) in [6, 6.07) is -0.236. The molecule has 1 spiro atoms. The van der Waals surface area contributed by atoms with Crippen LogP contribution < -0.4 is 10.6 Å². The highest BCUT2D eigenvalue weighted by atomic mass is 16.7. The van der Waals surface area contributed by atoms with E-state index in [1.54, 1.807) is 6.92 Å². The summed E-state index contributed by atoms with van der Waals surface area (Å²) in [7, 11) is 0. The molecule has 0 radical (unpaired) electrons. The molecule has 2 saturated heterocycles. The van der Waals surface area contributed by atoms with E-state index in [1.165, 1.54) is 25.0 Å². The molecule has 1 saturated carbocycles. The van der Waals surface area contributed by atoms with Gasteiger partial charge in [-0.05, 0) is 85.6 Å². The van der Waals surface area contributed by atoms with Crippen LogP contribution in [-0.4, -0.2) is 60.9 Å². The number of ether oxygens (including phenoxy) is 4. The first-order valence-electron chi connectivity index (χ1n) is 13.5. The van der Waals surface area contributed by atoms with Gasteiger partial charge in [0.05, 0.1) is 31.0 Å². The standard InChI is InChI=1S/C29H46N2O6/c1-20(8-11-23-16-29(14-15-29)19-28(6,7)37-23)9-13-25-34-17-22(18-35-25)30-24(32)12-10-21(2)36-26(33)31-27(3,4)5/h8-12,21-23,25H,13-19H2,1-7H3,(H,30,32)(H,31,33)/b11-8+,12-10-,20-9+/t21-,22-,23+,25+/m0/s1. The molecule has 208 valence electrons. The zero-order valence-corrected chi connectivity index (χ0v) is 23.6. The SMILES string of the molecule is CC(/C=C/[C@@H]1CC2(CC2)CC(C)(C)O1)=C\C[C@H]1OC[C@@H](NC(=O)/C=C\[C@H](C)OC(=O)NC(C)(C)C)CO1. The molecule has 0 bridgehead atoms. The lowest BCUT2D eigenvalue weighted by atomic mass is 9.82. The zero-order valence-electron chi connectivity index (χ0n) is 23.6. The van der Waals surface area contributed by atoms with Crippen molar-refractivity contribution in [1.82, 2.24) is 10.6 Å². The average molecular weight is 519 g/mol. The lowest BCUT2D eigenvalue weighted by molar-refractivity contribution is -0.187. The minimum atomic E-state index is -0.536. The van der Waals surface area contributed by atoms with Crippen LogP contribution in [0, 0.1) is 5.41 Å². The molecule has 1 aliphatic carbocycles. The monoisotopic (exact) mass is 518 g/mol. The molecular weight excluding hydrogens is 472 g/mol. The van der Waals surface area contributed by atoms with E-state index in [0.717, 1.165) is 18.4 Å². The predicted octanol–water partition coefficient (Wildman–Crippen LogP) is 4.94. The van der Waals surface area contributed by atoms with Crippen molar-refractivity contribution in [3.8, 4) is 0 Å². The second-order valence-electron chi connectivity index (χ2n) is 12.5. The minimum absolute atomic E-state index is 0.0540. The van der Waals surface area contributed by atoms with Crippen molar-refractivity contribution < 1.29 is 28.5 Å². The number of carbonyl (C=O) groups is 2. The summed E-state index contributed by atoms with van der Waals surface area (Å²) in [6.45, 7) is 14.5. The highest BCUT2D eigenvalue weighted by Crippen LogP contribution is 2.58. The third-order valence-corrected chi connectivity index (χ3v) is 6.67. The lowest BCUT2D eigenvalue weighted by Crippen LogP contribution is -2.46. The average Bonchev–Trinajstić information content (AvgIpc) is 3.50. The van der Waals surface area contributed by atoms with E-state index >= 15 is 0 Å². The predicted molar refractivity (Wildman–Crippen MR) is 143 cm³/mol. The summed E-state index contributed by atoms with van der Waals surface area (Å²) in [4.78, 5) is 24.0. The molecule has 0 unspecified atom stereocenters. The number of carbonyl (C=O) groups excluding carboxylic acids is 2. The molecule has 3 aliphatic rings. The van der Waals surface area contributed by atoms with Gasteiger partial charge in [-0.25, -0.2) is 4.79 Å². The second kappa shape index (κ2) is 12.1. The Kier molecular flexibility index (Phi) is 9.64. The summed E-state index contributed by atoms with van der Waals surface area (Å²) in [5, 5.41) is 5.57. The van der Waals surface area contributed by atoms with Crippen molar-refractivity contribution in [3.63, 3.8) is 0 Å². The van der Waals surface area contributed by atoms with Gasteiger partial charge < -0.3 is 29.6 Å². The highest BCUT2D eigenvalue weighted by Gasteiger charge is 2.51. The molecule has 3 fully saturated rings. The van der Waals surface area contributed by atoms with Crippen LogP contribution in [0.25, 0.3) is 0 Å². The van der Waals surface area contributed by atoms with Crippen LogP contribution in [0.15, 0.2) is 36.0 Å². The quantitative estimate of drug-likeness (QED) is 0.349. The maximum atomic E-state index is 12.2. The Morgan fingerprint density at radius 3 is 2.43 bits per heavy atom. The summed E-state index contributed by atoms with van der Waals surface area (Å²) >= 11 is 0. The largest absolute Gasteiger partial charge is 0.442 e. The fourth-order valence-corrected chi connectivity index (χ4v) is 4.95. The summed E-state index contributed by atoms with van der Waals surface area (Å²) in [5.74, 6) is -0.288. The molecule has 2 aliphatic heterocycles. The van der Waals surface area contributed by atoms with E-state index in [2.05, 4.69) is 49.6 Å². The number of rotatable bonds is 8. The van der Waals surface area contributed by atoms with Gasteiger partial charge in [-0.15, -0.1) is 0 Å². The molecule has 8 heteroatoms. The number of allylic oxidation sites excluding steroid dienone is 2. The molecule has 0 aromatic carbocycles. The Balaban J connectivity index is 1.34. The van der Waals surface area contributed by atoms with Crippen molar-refractivity contribution >= 4 is 12.0 Å². The van der Waals surface area contributed by atoms with Gasteiger partial charge in [0.25, 0.3) is 0 Å². The maximum Gasteiger partial charge on any atom is 0.408 e. The number of hydrogen-bond acceptors (Lipinski definition) is 6. The van der Waals surface area contributed by atoms with Crippen LogP contribution in [0.2, 0.25) is 0 Å². The molecule has 2 atom stereocenters. The van der Waals surface area contributed by atoms with Gasteiger partial charge in [0, 0.05) is 18.0 Å². The molecule has 2 heterocycles. The van der Waals surface area contributed by atoms with E-state index in [0.29, 0.717) is 25.0 Å². The van der Waals surface area contributed by atoms with Gasteiger partial charge in [-0.2, -0.15) is 0 Å². The summed E-state index contributed by atoms with van der Waals surface area (Å²) in [5.41, 5.74) is 1.22. The fourth-order valence-electron chi connectivity index (χ4n) is 4.95. The highest BCUT2D eigenvalue weighted by molar-refractivity contribution is 5.87. The molecule has 2 amide bonds. The van der Waals surface area contributed by atoms with Gasteiger partial charge in [-0.3, -0.25) is 4.79 Å². The Morgan fingerprint density at radius 1 is 1.14 bits per heavy atom. The van der Waals surface area contributed by atoms with E-state index in [1.807, 2.05) is 20.8 Å². The summed E-state index contributed by atoms with van der Waals surface area (Å²) in [6.07, 6.45) is 13.7. The van der Waals surface area contributed by atoms with Gasteiger partial charge in [0.1, 0.15) is 6.10 Å². The normalized spacial score (nSPS) is 28.3. The first kappa shape index (κ1) is 29.4. The molecule has 3 rings (SSSR count). The molecule has 2 N–H and O–H groups in total. The topological polar surface area (TPSA) is 95.1 Å². The van der Waals surface area contributed by atoms with Crippen LogP contribution in [0.5, 0.6) is 0 Å². The Morgan fingerprint density at radius 2 is 1.81 bits per heavy atom. The van der Waals surface area contributed by atoms with E-state index in [4.69, 9.17) is 18.9 Å². The molecule has 8 nitrogen and oxygen atoms in total. The van der Waals surface area contributed by atoms with Crippen molar-refractivity contribution in [2.75, 3.05) is 13.2 Å². The smallest absolute Gasteiger partial charge is 0.408 e. The van der Waals surface area contributed by atoms with Crippen LogP contribution in [0.4, 0.5) is 4.79 Å². The van der Waals surface area contributed by atoms with Crippen molar-refractivity contribution in [1.29, 1.82) is 0 Å². The first-order valence-corrected chi connectivity index (χ1v) is 13.5. The lowest BCUT2D eigenvalue weighted by Gasteiger charge is -2.40. The van der Waals surface area contributed by atoms with Gasteiger partial charge in [-0.1, -0.05) is 23.8 Å². The Hall–Kier alpha value is -2.16. The van der Waals surface area contributed by atoms with Crippen molar-refractivity contribution in [2.24, 2.45) is 5.41 Å². The minimum Gasteiger partial charge on any atom is -0.442 e. The Bertz CT molecular complexity index is 883. The van der Waals surface area contributed by atoms with Crippen LogP contribution >= 0.6 is 0 Å². The molecule has 0 aromatic rings. The maximum absolute atomic E-state index is 12.2. The molecule has 37 heavy (non-hydrogen) atoms. The summed E-state index contributed by atoms with van der Waals surface area (Å²) < 4.78 is 23.1. The van der Waals surface area contributed by atoms with E-state index < -0.39 is 12.2 Å². The van der Waals surface area contributed by atoms with Crippen molar-refractivity contribution in [3.05, 3.63) is 36.0 Å². The first-order chi connectivity index (χ1) is 17.2. The molecule has 0 aromatic heterocycles. The van der Waals surface area contributed by atoms with Gasteiger partial charge >= 0.3 is 6.09 Å². The Labute approximate surface area is 222 Å². The van der Waals surface area contributed by atoms with Gasteiger partial charge in [0.15, 0.2) is 6.29 Å². The zero-order chi connectivity index (χ0) is 27.3. The fraction of sp³-hybridized carbons (Fsp3) is 0.724. The van der Waals surface area contributed by atoms with Gasteiger partial charge in [0.2, 0.25) is 5.91 Å². The van der Waals surface area contributed by atoms with Crippen LogP contribution in [-0.2, 0) is 23.7 Å². The third-order valence-electron chi connectivity index (χ3n) is 6.67. The van der Waals surface area contributed by atoms with Crippen LogP contribution in [0.3, 0.4) is 0 Å². The number of hydrogen-bond donors (Lipinski definition) is 2. The van der Waals surface area contributed by atoms with Crippen LogP contribution in [0.1, 0.15) is 80.6 Å². The van der Waals surface area contributed by atoms with E-state index in [-0.39, 0.29) is 35.5 Å². The molecular formula is C29H46N2O6. The van der Waals surface area contributed by atoms with E-state index in [9.17, 15) is 9.59 Å². The van der Waals surface area contributed by atoms with Crippen molar-refractivity contribution in [2.45, 2.75) is 116 Å².